The van der Waals surface area contributed by atoms with Gasteiger partial charge in [0, 0.05) is 0 Å². The number of rotatable bonds is 5. The molecule has 0 radical (unpaired) electrons. The van der Waals surface area contributed by atoms with Crippen LogP contribution < -0.4 is 9.62 Å². The molecule has 0 unspecified atom stereocenters. The number of halogens is 2. The monoisotopic (exact) mass is 365 g/mol. The van der Waals surface area contributed by atoms with E-state index in [2.05, 4.69) is 0 Å². The second-order valence-corrected chi connectivity index (χ2v) is 6.98. The molecule has 0 saturated carbocycles. The van der Waals surface area contributed by atoms with Gasteiger partial charge in [-0.05, 0) is 30.3 Å². The summed E-state index contributed by atoms with van der Waals surface area (Å²) in [6, 6.07) is 10.5. The molecule has 0 aliphatic carbocycles. The standard InChI is InChI=1S/C16H13F2N3O3S/c1-25(23,24)21(12-5-2-4-11(8-12)9-19)10-15(22)20-16-13(17)6-3-7-14(16)18/h2-8H,10H2,1H3,(H,20,22). The topological polar surface area (TPSA) is 90.3 Å². The van der Waals surface area contributed by atoms with Crippen molar-refractivity contribution in [3.8, 4) is 6.07 Å². The van der Waals surface area contributed by atoms with Crippen molar-refractivity contribution in [3.05, 3.63) is 59.7 Å². The van der Waals surface area contributed by atoms with E-state index >= 15 is 0 Å². The lowest BCUT2D eigenvalue weighted by molar-refractivity contribution is -0.114. The molecule has 0 saturated heterocycles. The Bertz CT molecular complexity index is 935. The number of carbonyl (C=O) groups is 1. The van der Waals surface area contributed by atoms with Crippen LogP contribution >= 0.6 is 0 Å². The highest BCUT2D eigenvalue weighted by molar-refractivity contribution is 7.92. The minimum Gasteiger partial charge on any atom is -0.320 e. The van der Waals surface area contributed by atoms with Crippen LogP contribution in [0.25, 0.3) is 0 Å². The Morgan fingerprint density at radius 2 is 1.80 bits per heavy atom. The lowest BCUT2D eigenvalue weighted by Gasteiger charge is -2.22. The minimum atomic E-state index is -3.87. The predicted molar refractivity (Wildman–Crippen MR) is 88.3 cm³/mol. The summed E-state index contributed by atoms with van der Waals surface area (Å²) in [4.78, 5) is 12.1. The molecule has 1 amide bonds. The molecule has 6 nitrogen and oxygen atoms in total. The quantitative estimate of drug-likeness (QED) is 0.880. The molecular weight excluding hydrogens is 352 g/mol. The zero-order valence-corrected chi connectivity index (χ0v) is 13.8. The first-order valence-corrected chi connectivity index (χ1v) is 8.79. The maximum atomic E-state index is 13.6. The molecular formula is C16H13F2N3O3S. The molecule has 0 fully saturated rings. The number of nitrogens with one attached hydrogen (secondary N) is 1. The third-order valence-electron chi connectivity index (χ3n) is 3.18. The molecule has 1 N–H and O–H groups in total. The smallest absolute Gasteiger partial charge is 0.245 e. The van der Waals surface area contributed by atoms with E-state index in [9.17, 15) is 22.0 Å². The molecule has 0 bridgehead atoms. The van der Waals surface area contributed by atoms with Gasteiger partial charge in [-0.25, -0.2) is 17.2 Å². The van der Waals surface area contributed by atoms with Crippen molar-refractivity contribution in [2.45, 2.75) is 0 Å². The number of amides is 1. The number of nitriles is 1. The second kappa shape index (κ2) is 7.27. The van der Waals surface area contributed by atoms with Crippen molar-refractivity contribution in [1.82, 2.24) is 0 Å². The van der Waals surface area contributed by atoms with Gasteiger partial charge >= 0.3 is 0 Å². The first-order valence-electron chi connectivity index (χ1n) is 6.94. The van der Waals surface area contributed by atoms with Gasteiger partial charge in [-0.15, -0.1) is 0 Å². The fourth-order valence-corrected chi connectivity index (χ4v) is 2.91. The normalized spacial score (nSPS) is 10.8. The third kappa shape index (κ3) is 4.51. The molecule has 0 spiro atoms. The lowest BCUT2D eigenvalue weighted by Crippen LogP contribution is -2.37. The van der Waals surface area contributed by atoms with Crippen LogP contribution in [0.15, 0.2) is 42.5 Å². The highest BCUT2D eigenvalue weighted by atomic mass is 32.2. The average Bonchev–Trinajstić information content (AvgIpc) is 2.55. The van der Waals surface area contributed by atoms with E-state index in [0.29, 0.717) is 0 Å². The van der Waals surface area contributed by atoms with Gasteiger partial charge in [0.05, 0.1) is 23.6 Å². The number of anilines is 2. The highest BCUT2D eigenvalue weighted by Crippen LogP contribution is 2.21. The molecule has 9 heteroatoms. The van der Waals surface area contributed by atoms with Crippen LogP contribution in [0.2, 0.25) is 0 Å². The van der Waals surface area contributed by atoms with E-state index in [4.69, 9.17) is 5.26 Å². The van der Waals surface area contributed by atoms with Crippen LogP contribution in [0.5, 0.6) is 0 Å². The SMILES string of the molecule is CS(=O)(=O)N(CC(=O)Nc1c(F)cccc1F)c1cccc(C#N)c1. The fraction of sp³-hybridized carbons (Fsp3) is 0.125. The van der Waals surface area contributed by atoms with Crippen molar-refractivity contribution in [3.63, 3.8) is 0 Å². The van der Waals surface area contributed by atoms with Gasteiger partial charge in [-0.1, -0.05) is 12.1 Å². The first-order chi connectivity index (χ1) is 11.7. The highest BCUT2D eigenvalue weighted by Gasteiger charge is 2.22. The summed E-state index contributed by atoms with van der Waals surface area (Å²) >= 11 is 0. The Morgan fingerprint density at radius 1 is 1.20 bits per heavy atom. The number of carbonyl (C=O) groups excluding carboxylic acids is 1. The summed E-state index contributed by atoms with van der Waals surface area (Å²) in [6.07, 6.45) is 0.878. The summed E-state index contributed by atoms with van der Waals surface area (Å²) < 4.78 is 51.8. The molecule has 0 aliphatic rings. The summed E-state index contributed by atoms with van der Waals surface area (Å²) in [5, 5.41) is 10.9. The van der Waals surface area contributed by atoms with E-state index < -0.39 is 39.8 Å². The van der Waals surface area contributed by atoms with E-state index in [1.807, 2.05) is 11.4 Å². The summed E-state index contributed by atoms with van der Waals surface area (Å²) in [6.45, 7) is -0.707. The van der Waals surface area contributed by atoms with Crippen molar-refractivity contribution in [1.29, 1.82) is 5.26 Å². The van der Waals surface area contributed by atoms with Crippen molar-refractivity contribution < 1.29 is 22.0 Å². The van der Waals surface area contributed by atoms with Crippen molar-refractivity contribution in [2.24, 2.45) is 0 Å². The molecule has 2 aromatic rings. The first kappa shape index (κ1) is 18.4. The zero-order valence-electron chi connectivity index (χ0n) is 13.0. The number of sulfonamides is 1. The number of para-hydroxylation sites is 1. The molecule has 0 aliphatic heterocycles. The van der Waals surface area contributed by atoms with E-state index in [-0.39, 0.29) is 11.3 Å². The number of hydrogen-bond donors (Lipinski definition) is 1. The van der Waals surface area contributed by atoms with E-state index in [1.54, 1.807) is 0 Å². The van der Waals surface area contributed by atoms with Gasteiger partial charge in [0.15, 0.2) is 0 Å². The molecule has 2 rings (SSSR count). The van der Waals surface area contributed by atoms with E-state index in [0.717, 1.165) is 28.8 Å². The molecule has 0 atom stereocenters. The van der Waals surface area contributed by atoms with Crippen LogP contribution in [-0.2, 0) is 14.8 Å². The fourth-order valence-electron chi connectivity index (χ4n) is 2.06. The molecule has 0 aromatic heterocycles. The van der Waals surface area contributed by atoms with Gasteiger partial charge in [0.1, 0.15) is 23.9 Å². The van der Waals surface area contributed by atoms with Crippen LogP contribution in [0.1, 0.15) is 5.56 Å². The number of hydrogen-bond acceptors (Lipinski definition) is 4. The maximum Gasteiger partial charge on any atom is 0.245 e. The summed E-state index contributed by atoms with van der Waals surface area (Å²) in [5.41, 5.74) is -0.371. The molecule has 130 valence electrons. The van der Waals surface area contributed by atoms with Crippen LogP contribution in [0, 0.1) is 23.0 Å². The second-order valence-electron chi connectivity index (χ2n) is 5.08. The van der Waals surface area contributed by atoms with Crippen molar-refractivity contribution in [2.75, 3.05) is 22.4 Å². The largest absolute Gasteiger partial charge is 0.320 e. The Balaban J connectivity index is 2.29. The number of benzene rings is 2. The Morgan fingerprint density at radius 3 is 2.36 bits per heavy atom. The zero-order chi connectivity index (χ0) is 18.6. The average molecular weight is 365 g/mol. The molecule has 25 heavy (non-hydrogen) atoms. The Hall–Kier alpha value is -2.99. The Kier molecular flexibility index (Phi) is 5.34. The van der Waals surface area contributed by atoms with E-state index in [1.165, 1.54) is 24.3 Å². The number of nitrogens with zero attached hydrogens (tertiary/aromatic N) is 2. The predicted octanol–water partition coefficient (Wildman–Crippen LogP) is 2.24. The minimum absolute atomic E-state index is 0.0886. The van der Waals surface area contributed by atoms with Crippen LogP contribution in [0.4, 0.5) is 20.2 Å². The summed E-state index contributed by atoms with van der Waals surface area (Å²) in [5.74, 6) is -2.90. The maximum absolute atomic E-state index is 13.6. The molecule has 0 heterocycles. The van der Waals surface area contributed by atoms with Crippen LogP contribution in [0.3, 0.4) is 0 Å². The summed E-state index contributed by atoms with van der Waals surface area (Å²) in [7, 11) is -3.87. The third-order valence-corrected chi connectivity index (χ3v) is 4.32. The molecule has 2 aromatic carbocycles. The van der Waals surface area contributed by atoms with Gasteiger partial charge in [0.25, 0.3) is 0 Å². The van der Waals surface area contributed by atoms with Crippen LogP contribution in [-0.4, -0.2) is 27.1 Å². The van der Waals surface area contributed by atoms with Gasteiger partial charge < -0.3 is 5.32 Å². The van der Waals surface area contributed by atoms with Gasteiger partial charge in [-0.3, -0.25) is 9.10 Å². The van der Waals surface area contributed by atoms with Crippen molar-refractivity contribution >= 4 is 27.3 Å². The Labute approximate surface area is 143 Å². The van der Waals surface area contributed by atoms with Gasteiger partial charge in [0.2, 0.25) is 15.9 Å². The van der Waals surface area contributed by atoms with Gasteiger partial charge in [-0.2, -0.15) is 5.26 Å². The lowest BCUT2D eigenvalue weighted by atomic mass is 10.2.